The van der Waals surface area contributed by atoms with Gasteiger partial charge in [0.2, 0.25) is 5.91 Å². The Balaban J connectivity index is 1.54. The van der Waals surface area contributed by atoms with E-state index >= 15 is 0 Å². The molecule has 1 aliphatic heterocycles. The van der Waals surface area contributed by atoms with Gasteiger partial charge in [0.1, 0.15) is 17.8 Å². The number of likely N-dealkylation sites (N-methyl/N-ethyl adjacent to an activating group) is 1. The second-order valence-electron chi connectivity index (χ2n) is 7.90. The van der Waals surface area contributed by atoms with Gasteiger partial charge in [0.25, 0.3) is 0 Å². The third kappa shape index (κ3) is 3.21. The predicted molar refractivity (Wildman–Crippen MR) is 103 cm³/mol. The summed E-state index contributed by atoms with van der Waals surface area (Å²) in [5.41, 5.74) is 0.771. The summed E-state index contributed by atoms with van der Waals surface area (Å²) in [6, 6.07) is 3.93. The highest BCUT2D eigenvalue weighted by Gasteiger charge is 2.42. The van der Waals surface area contributed by atoms with Crippen molar-refractivity contribution in [2.24, 2.45) is 17.8 Å². The lowest BCUT2D eigenvalue weighted by Crippen LogP contribution is -2.54. The monoisotopic (exact) mass is 380 g/mol. The molecule has 8 heteroatoms. The smallest absolute Gasteiger partial charge is 0.247 e. The van der Waals surface area contributed by atoms with E-state index in [2.05, 4.69) is 26.8 Å². The highest BCUT2D eigenvalue weighted by molar-refractivity contribution is 6.05. The van der Waals surface area contributed by atoms with Crippen molar-refractivity contribution in [3.8, 4) is 6.07 Å². The molecule has 4 rings (SSSR count). The normalized spacial score (nSPS) is 23.2. The van der Waals surface area contributed by atoms with Crippen molar-refractivity contribution in [3.63, 3.8) is 0 Å². The molecule has 1 saturated carbocycles. The number of aromatic nitrogens is 3. The van der Waals surface area contributed by atoms with Crippen LogP contribution in [0.15, 0.2) is 18.6 Å². The molecule has 0 bridgehead atoms. The average molecular weight is 380 g/mol. The average Bonchev–Trinajstić information content (AvgIpc) is 3.44. The Morgan fingerprint density at radius 3 is 2.86 bits per heavy atom. The highest BCUT2D eigenvalue weighted by atomic mass is 16.2. The van der Waals surface area contributed by atoms with Gasteiger partial charge in [-0.1, -0.05) is 6.92 Å². The first-order valence-corrected chi connectivity index (χ1v) is 9.74. The molecule has 0 spiro atoms. The van der Waals surface area contributed by atoms with Gasteiger partial charge in [-0.15, -0.1) is 0 Å². The minimum atomic E-state index is -1.16. The molecule has 2 aromatic rings. The lowest BCUT2D eigenvalue weighted by Gasteiger charge is -2.42. The molecule has 28 heavy (non-hydrogen) atoms. The third-order valence-electron chi connectivity index (χ3n) is 6.04. The van der Waals surface area contributed by atoms with Crippen LogP contribution in [0.25, 0.3) is 11.0 Å². The molecule has 2 fully saturated rings. The Bertz CT molecular complexity index is 944. The molecular formula is C20H24N6O2. The van der Waals surface area contributed by atoms with E-state index in [1.54, 1.807) is 4.90 Å². The van der Waals surface area contributed by atoms with Gasteiger partial charge < -0.3 is 14.8 Å². The minimum absolute atomic E-state index is 0.0427. The van der Waals surface area contributed by atoms with Gasteiger partial charge in [-0.25, -0.2) is 9.97 Å². The fraction of sp³-hybridized carbons (Fsp3) is 0.550. The number of likely N-dealkylation sites (tertiary alicyclic amines) is 1. The number of carbonyl (C=O) groups excluding carboxylic acids is 2. The third-order valence-corrected chi connectivity index (χ3v) is 6.04. The van der Waals surface area contributed by atoms with Crippen LogP contribution in [0.3, 0.4) is 0 Å². The SMILES string of the molecule is CC1CCN(C(=O)C(C#N)C(=O)C2CC2)C[C@@H]1N(C)c1ncnc2[nH]ccc12. The van der Waals surface area contributed by atoms with Gasteiger partial charge in [-0.2, -0.15) is 5.26 Å². The number of piperidine rings is 1. The van der Waals surface area contributed by atoms with Crippen LogP contribution >= 0.6 is 0 Å². The number of amides is 1. The first kappa shape index (κ1) is 18.4. The quantitative estimate of drug-likeness (QED) is 0.792. The van der Waals surface area contributed by atoms with Crippen molar-refractivity contribution in [1.29, 1.82) is 5.26 Å². The van der Waals surface area contributed by atoms with Crippen LogP contribution in [0.4, 0.5) is 5.82 Å². The number of hydrogen-bond donors (Lipinski definition) is 1. The van der Waals surface area contributed by atoms with Crippen LogP contribution in [0, 0.1) is 29.1 Å². The minimum Gasteiger partial charge on any atom is -0.354 e. The Morgan fingerprint density at radius 2 is 2.14 bits per heavy atom. The summed E-state index contributed by atoms with van der Waals surface area (Å²) in [5, 5.41) is 10.4. The number of nitrogens with one attached hydrogen (secondary N) is 1. The fourth-order valence-electron chi connectivity index (χ4n) is 4.08. The summed E-state index contributed by atoms with van der Waals surface area (Å²) in [7, 11) is 1.97. The molecule has 146 valence electrons. The van der Waals surface area contributed by atoms with E-state index in [1.165, 1.54) is 6.33 Å². The molecule has 3 atom stereocenters. The number of anilines is 1. The molecule has 2 unspecified atom stereocenters. The largest absolute Gasteiger partial charge is 0.354 e. The first-order valence-electron chi connectivity index (χ1n) is 9.74. The maximum absolute atomic E-state index is 12.9. The standard InChI is InChI=1S/C20H24N6O2/c1-12-6-8-26(20(28)15(9-21)17(27)13-3-4-13)10-16(12)25(2)19-14-5-7-22-18(14)23-11-24-19/h5,7,11-13,15-16H,3-4,6,8,10H2,1-2H3,(H,22,23,24)/t12?,15?,16-/m0/s1. The van der Waals surface area contributed by atoms with Gasteiger partial charge in [0.15, 0.2) is 11.7 Å². The molecule has 1 aliphatic carbocycles. The van der Waals surface area contributed by atoms with Crippen molar-refractivity contribution >= 4 is 28.5 Å². The summed E-state index contributed by atoms with van der Waals surface area (Å²) in [5.74, 6) is -0.665. The topological polar surface area (TPSA) is 106 Å². The Kier molecular flexibility index (Phi) is 4.75. The van der Waals surface area contributed by atoms with Crippen molar-refractivity contribution in [2.75, 3.05) is 25.0 Å². The van der Waals surface area contributed by atoms with Gasteiger partial charge >= 0.3 is 0 Å². The molecule has 1 saturated heterocycles. The molecule has 2 aliphatic rings. The molecule has 1 N–H and O–H groups in total. The lowest BCUT2D eigenvalue weighted by atomic mass is 9.90. The van der Waals surface area contributed by atoms with Gasteiger partial charge in [0.05, 0.1) is 17.5 Å². The fourth-order valence-corrected chi connectivity index (χ4v) is 4.08. The Hall–Kier alpha value is -2.95. The number of carbonyl (C=O) groups is 2. The molecule has 1 amide bonds. The van der Waals surface area contributed by atoms with E-state index in [9.17, 15) is 14.9 Å². The maximum Gasteiger partial charge on any atom is 0.247 e. The van der Waals surface area contributed by atoms with Crippen molar-refractivity contribution in [1.82, 2.24) is 19.9 Å². The van der Waals surface area contributed by atoms with Crippen LogP contribution in [0.2, 0.25) is 0 Å². The number of hydrogen-bond acceptors (Lipinski definition) is 6. The number of ketones is 1. The summed E-state index contributed by atoms with van der Waals surface area (Å²) in [4.78, 5) is 40.8. The molecule has 0 radical (unpaired) electrons. The number of nitrogens with zero attached hydrogens (tertiary/aromatic N) is 5. The number of aromatic amines is 1. The molecular weight excluding hydrogens is 356 g/mol. The maximum atomic E-state index is 12.9. The number of nitriles is 1. The van der Waals surface area contributed by atoms with Crippen LogP contribution in [-0.4, -0.2) is 57.7 Å². The number of H-pyrrole nitrogens is 1. The van der Waals surface area contributed by atoms with E-state index in [1.807, 2.05) is 25.4 Å². The van der Waals surface area contributed by atoms with Crippen LogP contribution in [0.5, 0.6) is 0 Å². The summed E-state index contributed by atoms with van der Waals surface area (Å²) < 4.78 is 0. The molecule has 3 heterocycles. The molecule has 0 aromatic carbocycles. The van der Waals surface area contributed by atoms with Crippen LogP contribution in [0.1, 0.15) is 26.2 Å². The summed E-state index contributed by atoms with van der Waals surface area (Å²) >= 11 is 0. The number of rotatable bonds is 5. The van der Waals surface area contributed by atoms with E-state index in [4.69, 9.17) is 0 Å². The second-order valence-corrected chi connectivity index (χ2v) is 7.90. The van der Waals surface area contributed by atoms with Gasteiger partial charge in [-0.05, 0) is 31.2 Å². The zero-order valence-corrected chi connectivity index (χ0v) is 16.1. The van der Waals surface area contributed by atoms with Crippen LogP contribution in [-0.2, 0) is 9.59 Å². The molecule has 8 nitrogen and oxygen atoms in total. The van der Waals surface area contributed by atoms with Gasteiger partial charge in [-0.3, -0.25) is 9.59 Å². The van der Waals surface area contributed by atoms with Crippen molar-refractivity contribution < 1.29 is 9.59 Å². The summed E-state index contributed by atoms with van der Waals surface area (Å²) in [6.07, 6.45) is 5.77. The number of fused-ring (bicyclic) bond motifs is 1. The highest BCUT2D eigenvalue weighted by Crippen LogP contribution is 2.34. The van der Waals surface area contributed by atoms with E-state index in [-0.39, 0.29) is 23.7 Å². The summed E-state index contributed by atoms with van der Waals surface area (Å²) in [6.45, 7) is 3.21. The predicted octanol–water partition coefficient (Wildman–Crippen LogP) is 1.75. The Labute approximate surface area is 163 Å². The van der Waals surface area contributed by atoms with Crippen LogP contribution < -0.4 is 4.90 Å². The van der Waals surface area contributed by atoms with Crippen molar-refractivity contribution in [3.05, 3.63) is 18.6 Å². The number of Topliss-reactive ketones (excluding diaryl/α,β-unsaturated/α-hetero) is 1. The van der Waals surface area contributed by atoms with Gasteiger partial charge in [0, 0.05) is 32.3 Å². The lowest BCUT2D eigenvalue weighted by molar-refractivity contribution is -0.140. The zero-order chi connectivity index (χ0) is 19.8. The molecule has 2 aromatic heterocycles. The second kappa shape index (κ2) is 7.23. The van der Waals surface area contributed by atoms with E-state index < -0.39 is 5.92 Å². The van der Waals surface area contributed by atoms with E-state index in [0.717, 1.165) is 36.1 Å². The zero-order valence-electron chi connectivity index (χ0n) is 16.1. The van der Waals surface area contributed by atoms with Crippen molar-refractivity contribution in [2.45, 2.75) is 32.2 Å². The Morgan fingerprint density at radius 1 is 1.36 bits per heavy atom. The van der Waals surface area contributed by atoms with E-state index in [0.29, 0.717) is 19.0 Å². The first-order chi connectivity index (χ1) is 13.5.